The molecule has 4 heteroatoms. The SMILES string of the molecule is CC(=O)CC(=O)OCCC(C)C#N. The molecular formula is C9H13NO3. The van der Waals surface area contributed by atoms with E-state index >= 15 is 0 Å². The molecule has 0 aliphatic carbocycles. The van der Waals surface area contributed by atoms with Crippen LogP contribution in [-0.4, -0.2) is 18.4 Å². The van der Waals surface area contributed by atoms with Gasteiger partial charge < -0.3 is 4.74 Å². The Morgan fingerprint density at radius 1 is 1.54 bits per heavy atom. The molecule has 72 valence electrons. The second-order valence-corrected chi connectivity index (χ2v) is 2.92. The molecule has 0 aliphatic heterocycles. The lowest BCUT2D eigenvalue weighted by Gasteiger charge is -2.03. The molecule has 0 aromatic heterocycles. The Kier molecular flexibility index (Phi) is 5.53. The minimum absolute atomic E-state index is 0.120. The Balaban J connectivity index is 3.49. The zero-order valence-electron chi connectivity index (χ0n) is 7.87. The van der Waals surface area contributed by atoms with Gasteiger partial charge in [-0.25, -0.2) is 0 Å². The summed E-state index contributed by atoms with van der Waals surface area (Å²) in [5.74, 6) is -0.846. The number of rotatable bonds is 5. The summed E-state index contributed by atoms with van der Waals surface area (Å²) in [5.41, 5.74) is 0. The topological polar surface area (TPSA) is 67.2 Å². The molecule has 1 unspecified atom stereocenters. The third kappa shape index (κ3) is 7.01. The van der Waals surface area contributed by atoms with Crippen LogP contribution in [-0.2, 0) is 14.3 Å². The number of carbonyl (C=O) groups excluding carboxylic acids is 2. The van der Waals surface area contributed by atoms with Gasteiger partial charge in [-0.3, -0.25) is 9.59 Å². The maximum Gasteiger partial charge on any atom is 0.313 e. The van der Waals surface area contributed by atoms with Crippen molar-refractivity contribution in [2.75, 3.05) is 6.61 Å². The number of carbonyl (C=O) groups is 2. The first kappa shape index (κ1) is 11.6. The van der Waals surface area contributed by atoms with Crippen molar-refractivity contribution in [1.82, 2.24) is 0 Å². The minimum atomic E-state index is -0.516. The highest BCUT2D eigenvalue weighted by atomic mass is 16.5. The van der Waals surface area contributed by atoms with Crippen molar-refractivity contribution < 1.29 is 14.3 Å². The third-order valence-electron chi connectivity index (χ3n) is 1.43. The molecule has 0 saturated carbocycles. The molecule has 0 rings (SSSR count). The minimum Gasteiger partial charge on any atom is -0.465 e. The van der Waals surface area contributed by atoms with Gasteiger partial charge in [-0.15, -0.1) is 0 Å². The number of hydrogen-bond acceptors (Lipinski definition) is 4. The molecule has 0 spiro atoms. The Labute approximate surface area is 77.5 Å². The van der Waals surface area contributed by atoms with Gasteiger partial charge in [0.05, 0.1) is 12.7 Å². The van der Waals surface area contributed by atoms with Gasteiger partial charge in [0.1, 0.15) is 12.2 Å². The average Bonchev–Trinajstić information content (AvgIpc) is 2.02. The molecule has 0 amide bonds. The number of nitriles is 1. The Morgan fingerprint density at radius 2 is 2.15 bits per heavy atom. The highest BCUT2D eigenvalue weighted by Crippen LogP contribution is 2.00. The van der Waals surface area contributed by atoms with Gasteiger partial charge in [0.25, 0.3) is 0 Å². The summed E-state index contributed by atoms with van der Waals surface area (Å²) >= 11 is 0. The summed E-state index contributed by atoms with van der Waals surface area (Å²) in [6, 6.07) is 2.02. The Bertz CT molecular complexity index is 230. The average molecular weight is 183 g/mol. The molecule has 1 atom stereocenters. The van der Waals surface area contributed by atoms with Crippen molar-refractivity contribution in [1.29, 1.82) is 5.26 Å². The fourth-order valence-corrected chi connectivity index (χ4v) is 0.668. The molecule has 0 aromatic carbocycles. The fourth-order valence-electron chi connectivity index (χ4n) is 0.668. The van der Waals surface area contributed by atoms with Crippen LogP contribution in [0.15, 0.2) is 0 Å². The number of hydrogen-bond donors (Lipinski definition) is 0. The van der Waals surface area contributed by atoms with E-state index in [1.165, 1.54) is 6.92 Å². The molecule has 0 radical (unpaired) electrons. The standard InChI is InChI=1S/C9H13NO3/c1-7(6-10)3-4-13-9(12)5-8(2)11/h7H,3-5H2,1-2H3. The monoisotopic (exact) mass is 183 g/mol. The van der Waals surface area contributed by atoms with Crippen LogP contribution in [0.5, 0.6) is 0 Å². The number of Topliss-reactive ketones (excluding diaryl/α,β-unsaturated/α-hetero) is 1. The second kappa shape index (κ2) is 6.18. The van der Waals surface area contributed by atoms with Crippen LogP contribution in [0.3, 0.4) is 0 Å². The second-order valence-electron chi connectivity index (χ2n) is 2.92. The molecule has 13 heavy (non-hydrogen) atoms. The van der Waals surface area contributed by atoms with Gasteiger partial charge in [0.15, 0.2) is 0 Å². The smallest absolute Gasteiger partial charge is 0.313 e. The van der Waals surface area contributed by atoms with Crippen molar-refractivity contribution >= 4 is 11.8 Å². The zero-order valence-corrected chi connectivity index (χ0v) is 7.87. The maximum atomic E-state index is 10.8. The van der Waals surface area contributed by atoms with E-state index in [1.54, 1.807) is 6.92 Å². The predicted octanol–water partition coefficient (Wildman–Crippen LogP) is 1.06. The molecule has 0 bridgehead atoms. The van der Waals surface area contributed by atoms with Crippen LogP contribution < -0.4 is 0 Å². The van der Waals surface area contributed by atoms with Crippen molar-refractivity contribution in [3.63, 3.8) is 0 Å². The summed E-state index contributed by atoms with van der Waals surface area (Å²) in [5, 5.41) is 8.40. The number of esters is 1. The van der Waals surface area contributed by atoms with Crippen molar-refractivity contribution in [3.8, 4) is 6.07 Å². The van der Waals surface area contributed by atoms with E-state index in [0.29, 0.717) is 6.42 Å². The highest BCUT2D eigenvalue weighted by molar-refractivity contribution is 5.94. The van der Waals surface area contributed by atoms with Gasteiger partial charge in [-0.1, -0.05) is 0 Å². The number of ketones is 1. The molecule has 0 aliphatic rings. The van der Waals surface area contributed by atoms with E-state index < -0.39 is 5.97 Å². The normalized spacial score (nSPS) is 11.5. The van der Waals surface area contributed by atoms with Crippen LogP contribution in [0.2, 0.25) is 0 Å². The van der Waals surface area contributed by atoms with Gasteiger partial charge in [0, 0.05) is 5.92 Å². The summed E-state index contributed by atoms with van der Waals surface area (Å²) in [4.78, 5) is 21.3. The summed E-state index contributed by atoms with van der Waals surface area (Å²) < 4.78 is 4.71. The summed E-state index contributed by atoms with van der Waals surface area (Å²) in [6.45, 7) is 3.29. The first-order valence-electron chi connectivity index (χ1n) is 4.11. The first-order valence-corrected chi connectivity index (χ1v) is 4.11. The lowest BCUT2D eigenvalue weighted by Crippen LogP contribution is -2.11. The maximum absolute atomic E-state index is 10.8. The van der Waals surface area contributed by atoms with E-state index in [0.717, 1.165) is 0 Å². The first-order chi connectivity index (χ1) is 6.06. The van der Waals surface area contributed by atoms with Crippen LogP contribution in [0.1, 0.15) is 26.7 Å². The molecule has 0 N–H and O–H groups in total. The van der Waals surface area contributed by atoms with Crippen LogP contribution in [0, 0.1) is 17.2 Å². The molecule has 0 heterocycles. The Hall–Kier alpha value is -1.37. The van der Waals surface area contributed by atoms with Crippen LogP contribution in [0.4, 0.5) is 0 Å². The largest absolute Gasteiger partial charge is 0.465 e. The van der Waals surface area contributed by atoms with Crippen LogP contribution >= 0.6 is 0 Å². The lowest BCUT2D eigenvalue weighted by atomic mass is 10.1. The van der Waals surface area contributed by atoms with Gasteiger partial charge in [-0.05, 0) is 20.3 Å². The van der Waals surface area contributed by atoms with Crippen molar-refractivity contribution in [2.24, 2.45) is 5.92 Å². The quantitative estimate of drug-likeness (QED) is 0.472. The lowest BCUT2D eigenvalue weighted by molar-refractivity contribution is -0.145. The summed E-state index contributed by atoms with van der Waals surface area (Å²) in [7, 11) is 0. The van der Waals surface area contributed by atoms with E-state index in [1.807, 2.05) is 6.07 Å². The van der Waals surface area contributed by atoms with Gasteiger partial charge >= 0.3 is 5.97 Å². The van der Waals surface area contributed by atoms with Gasteiger partial charge in [0.2, 0.25) is 0 Å². The zero-order chi connectivity index (χ0) is 10.3. The molecule has 4 nitrogen and oxygen atoms in total. The van der Waals surface area contributed by atoms with E-state index in [4.69, 9.17) is 10.00 Å². The summed E-state index contributed by atoms with van der Waals surface area (Å²) in [6.07, 6.45) is 0.334. The molecule has 0 fully saturated rings. The Morgan fingerprint density at radius 3 is 2.62 bits per heavy atom. The molecule has 0 aromatic rings. The van der Waals surface area contributed by atoms with Crippen molar-refractivity contribution in [2.45, 2.75) is 26.7 Å². The molecule has 0 saturated heterocycles. The third-order valence-corrected chi connectivity index (χ3v) is 1.43. The van der Waals surface area contributed by atoms with E-state index in [-0.39, 0.29) is 24.7 Å². The van der Waals surface area contributed by atoms with Gasteiger partial charge in [-0.2, -0.15) is 5.26 Å². The predicted molar refractivity (Wildman–Crippen MR) is 45.7 cm³/mol. The number of nitrogens with zero attached hydrogens (tertiary/aromatic N) is 1. The molecular weight excluding hydrogens is 170 g/mol. The van der Waals surface area contributed by atoms with E-state index in [9.17, 15) is 9.59 Å². The number of ether oxygens (including phenoxy) is 1. The fraction of sp³-hybridized carbons (Fsp3) is 0.667. The van der Waals surface area contributed by atoms with E-state index in [2.05, 4.69) is 0 Å². The van der Waals surface area contributed by atoms with Crippen LogP contribution in [0.25, 0.3) is 0 Å². The van der Waals surface area contributed by atoms with Crippen molar-refractivity contribution in [3.05, 3.63) is 0 Å². The highest BCUT2D eigenvalue weighted by Gasteiger charge is 2.07.